The Labute approximate surface area is 138 Å². The Bertz CT molecular complexity index is 606. The Balaban J connectivity index is 0.00000484. The van der Waals surface area contributed by atoms with Crippen molar-refractivity contribution in [1.82, 2.24) is 15.4 Å². The molecule has 132 valence electrons. The smallest absolute Gasteiger partial charge is 0.343 e. The number of carbonyl (C=O) groups excluding carboxylic acids is 1. The Morgan fingerprint density at radius 1 is 1.13 bits per heavy atom. The maximum atomic E-state index is 12.0. The summed E-state index contributed by atoms with van der Waals surface area (Å²) in [6.45, 7) is -0.818. The maximum Gasteiger partial charge on any atom is 0.405 e. The van der Waals surface area contributed by atoms with Gasteiger partial charge in [0.05, 0.1) is 4.90 Å². The molecule has 0 bridgehead atoms. The second-order valence-electron chi connectivity index (χ2n) is 4.32. The van der Waals surface area contributed by atoms with Crippen molar-refractivity contribution in [3.8, 4) is 0 Å². The zero-order chi connectivity index (χ0) is 16.8. The van der Waals surface area contributed by atoms with Gasteiger partial charge < -0.3 is 10.6 Å². The van der Waals surface area contributed by atoms with Gasteiger partial charge in [-0.2, -0.15) is 13.2 Å². The van der Waals surface area contributed by atoms with E-state index in [1.165, 1.54) is 0 Å². The van der Waals surface area contributed by atoms with E-state index in [2.05, 4.69) is 10.0 Å². The molecule has 0 saturated carbocycles. The maximum absolute atomic E-state index is 12.0. The summed E-state index contributed by atoms with van der Waals surface area (Å²) >= 11 is 0. The summed E-state index contributed by atoms with van der Waals surface area (Å²) in [7, 11) is -2.04. The van der Waals surface area contributed by atoms with Crippen molar-refractivity contribution in [3.05, 3.63) is 29.8 Å². The van der Waals surface area contributed by atoms with Crippen LogP contribution in [0.1, 0.15) is 10.4 Å². The van der Waals surface area contributed by atoms with Gasteiger partial charge in [-0.25, -0.2) is 13.1 Å². The number of sulfonamides is 1. The van der Waals surface area contributed by atoms with E-state index in [0.717, 1.165) is 24.3 Å². The van der Waals surface area contributed by atoms with Gasteiger partial charge in [-0.1, -0.05) is 0 Å². The molecule has 0 radical (unpaired) electrons. The summed E-state index contributed by atoms with van der Waals surface area (Å²) in [4.78, 5) is 11.4. The monoisotopic (exact) mass is 375 g/mol. The molecule has 1 aromatic rings. The van der Waals surface area contributed by atoms with E-state index in [-0.39, 0.29) is 29.4 Å². The van der Waals surface area contributed by atoms with Crippen molar-refractivity contribution < 1.29 is 26.4 Å². The van der Waals surface area contributed by atoms with Crippen LogP contribution in [0.15, 0.2) is 29.2 Å². The Kier molecular flexibility index (Phi) is 8.53. The molecular weight excluding hydrogens is 359 g/mol. The highest BCUT2D eigenvalue weighted by atomic mass is 35.5. The predicted octanol–water partition coefficient (Wildman–Crippen LogP) is 0.898. The fourth-order valence-electron chi connectivity index (χ4n) is 1.46. The number of amides is 1. The topological polar surface area (TPSA) is 87.3 Å². The van der Waals surface area contributed by atoms with Crippen LogP contribution in [0.25, 0.3) is 0 Å². The number of alkyl halides is 3. The normalized spacial score (nSPS) is 11.7. The lowest BCUT2D eigenvalue weighted by Gasteiger charge is -2.09. The molecular formula is C12H17ClF3N3O3S. The minimum atomic E-state index is -4.50. The Morgan fingerprint density at radius 3 is 2.17 bits per heavy atom. The van der Waals surface area contributed by atoms with E-state index in [9.17, 15) is 26.4 Å². The number of likely N-dealkylation sites (N-methyl/N-ethyl adjacent to an activating group) is 1. The van der Waals surface area contributed by atoms with Crippen LogP contribution in [-0.2, 0) is 10.0 Å². The molecule has 0 unspecified atom stereocenters. The lowest BCUT2D eigenvalue weighted by Crippen LogP contribution is -2.33. The van der Waals surface area contributed by atoms with Gasteiger partial charge in [-0.3, -0.25) is 4.79 Å². The highest BCUT2D eigenvalue weighted by Gasteiger charge is 2.27. The minimum absolute atomic E-state index is 0. The number of carbonyl (C=O) groups is 1. The van der Waals surface area contributed by atoms with Gasteiger partial charge in [0.25, 0.3) is 5.91 Å². The van der Waals surface area contributed by atoms with E-state index in [0.29, 0.717) is 6.54 Å². The van der Waals surface area contributed by atoms with Gasteiger partial charge in [0.2, 0.25) is 10.0 Å². The van der Waals surface area contributed by atoms with Crippen LogP contribution < -0.4 is 15.4 Å². The zero-order valence-electron chi connectivity index (χ0n) is 12.1. The molecule has 0 fully saturated rings. The molecule has 0 heterocycles. The third-order valence-corrected chi connectivity index (χ3v) is 4.02. The predicted molar refractivity (Wildman–Crippen MR) is 81.2 cm³/mol. The molecule has 0 atom stereocenters. The van der Waals surface area contributed by atoms with Gasteiger partial charge >= 0.3 is 6.18 Å². The second-order valence-corrected chi connectivity index (χ2v) is 6.09. The highest BCUT2D eigenvalue weighted by Crippen LogP contribution is 2.14. The van der Waals surface area contributed by atoms with E-state index in [4.69, 9.17) is 0 Å². The first kappa shape index (κ1) is 21.6. The number of hydrogen-bond acceptors (Lipinski definition) is 4. The Morgan fingerprint density at radius 2 is 1.70 bits per heavy atom. The van der Waals surface area contributed by atoms with Gasteiger partial charge in [0.1, 0.15) is 6.54 Å². The van der Waals surface area contributed by atoms with Gasteiger partial charge in [0.15, 0.2) is 0 Å². The van der Waals surface area contributed by atoms with Crippen LogP contribution in [0.5, 0.6) is 0 Å². The highest BCUT2D eigenvalue weighted by molar-refractivity contribution is 7.89. The first-order chi connectivity index (χ1) is 10.2. The standard InChI is InChI=1S/C12H16F3N3O3S.ClH/c1-16-6-7-18-22(20,21)10-4-2-9(3-5-10)11(19)17-8-12(13,14)15;/h2-5,16,18H,6-8H2,1H3,(H,17,19);1H. The molecule has 0 saturated heterocycles. The summed E-state index contributed by atoms with van der Waals surface area (Å²) in [6, 6.07) is 4.62. The van der Waals surface area contributed by atoms with Crippen molar-refractivity contribution in [2.45, 2.75) is 11.1 Å². The fourth-order valence-corrected chi connectivity index (χ4v) is 2.49. The van der Waals surface area contributed by atoms with Gasteiger partial charge in [-0.05, 0) is 31.3 Å². The van der Waals surface area contributed by atoms with Crippen LogP contribution >= 0.6 is 12.4 Å². The third-order valence-electron chi connectivity index (χ3n) is 2.54. The molecule has 0 aromatic heterocycles. The summed E-state index contributed by atoms with van der Waals surface area (Å²) in [5.74, 6) is -0.926. The average Bonchev–Trinajstić information content (AvgIpc) is 2.44. The first-order valence-corrected chi connectivity index (χ1v) is 7.73. The van der Waals surface area contributed by atoms with Crippen LogP contribution in [-0.4, -0.2) is 47.2 Å². The lowest BCUT2D eigenvalue weighted by atomic mass is 10.2. The molecule has 0 aliphatic rings. The molecule has 11 heteroatoms. The van der Waals surface area contributed by atoms with Crippen LogP contribution in [0.3, 0.4) is 0 Å². The van der Waals surface area contributed by atoms with E-state index < -0.39 is 28.7 Å². The molecule has 1 aromatic carbocycles. The van der Waals surface area contributed by atoms with Crippen molar-refractivity contribution >= 4 is 28.3 Å². The summed E-state index contributed by atoms with van der Waals surface area (Å²) in [5, 5.41) is 4.47. The van der Waals surface area contributed by atoms with Gasteiger partial charge in [-0.15, -0.1) is 12.4 Å². The van der Waals surface area contributed by atoms with E-state index in [1.54, 1.807) is 12.4 Å². The van der Waals surface area contributed by atoms with Crippen molar-refractivity contribution in [2.24, 2.45) is 0 Å². The molecule has 6 nitrogen and oxygen atoms in total. The molecule has 3 N–H and O–H groups in total. The first-order valence-electron chi connectivity index (χ1n) is 6.25. The van der Waals surface area contributed by atoms with E-state index in [1.807, 2.05) is 0 Å². The van der Waals surface area contributed by atoms with Crippen LogP contribution in [0.2, 0.25) is 0 Å². The van der Waals surface area contributed by atoms with Crippen molar-refractivity contribution in [3.63, 3.8) is 0 Å². The van der Waals surface area contributed by atoms with Crippen LogP contribution in [0, 0.1) is 0 Å². The Hall–Kier alpha value is -1.36. The summed E-state index contributed by atoms with van der Waals surface area (Å²) < 4.78 is 62.0. The van der Waals surface area contributed by atoms with Crippen molar-refractivity contribution in [2.75, 3.05) is 26.7 Å². The number of rotatable bonds is 7. The average molecular weight is 376 g/mol. The second kappa shape index (κ2) is 9.06. The zero-order valence-corrected chi connectivity index (χ0v) is 13.7. The van der Waals surface area contributed by atoms with Crippen molar-refractivity contribution in [1.29, 1.82) is 0 Å². The summed E-state index contributed by atoms with van der Waals surface area (Å²) in [5.41, 5.74) is -0.0570. The lowest BCUT2D eigenvalue weighted by molar-refractivity contribution is -0.123. The number of hydrogen-bond donors (Lipinski definition) is 3. The largest absolute Gasteiger partial charge is 0.405 e. The quantitative estimate of drug-likeness (QED) is 0.618. The number of nitrogens with one attached hydrogen (secondary N) is 3. The summed E-state index contributed by atoms with van der Waals surface area (Å²) in [6.07, 6.45) is -4.50. The van der Waals surface area contributed by atoms with Crippen LogP contribution in [0.4, 0.5) is 13.2 Å². The molecule has 23 heavy (non-hydrogen) atoms. The molecule has 1 amide bonds. The third kappa shape index (κ3) is 7.64. The molecule has 1 rings (SSSR count). The number of benzene rings is 1. The molecule has 0 aliphatic heterocycles. The van der Waals surface area contributed by atoms with E-state index >= 15 is 0 Å². The number of halogens is 4. The SMILES string of the molecule is CNCCNS(=O)(=O)c1ccc(C(=O)NCC(F)(F)F)cc1.Cl. The van der Waals surface area contributed by atoms with Gasteiger partial charge in [0, 0.05) is 18.7 Å². The molecule has 0 aliphatic carbocycles. The molecule has 0 spiro atoms. The minimum Gasteiger partial charge on any atom is -0.343 e. The fraction of sp³-hybridized carbons (Fsp3) is 0.417.